The maximum absolute atomic E-state index is 11.5. The molecule has 0 saturated heterocycles. The number of carboxylic acid groups (broad SMARTS) is 2. The van der Waals surface area contributed by atoms with Crippen molar-refractivity contribution in [3.05, 3.63) is 81.9 Å². The van der Waals surface area contributed by atoms with Gasteiger partial charge in [0, 0.05) is 0 Å². The van der Waals surface area contributed by atoms with Gasteiger partial charge in [0.2, 0.25) is 0 Å². The molecule has 0 atom stereocenters. The van der Waals surface area contributed by atoms with Gasteiger partial charge in [-0.25, -0.2) is 9.59 Å². The molecule has 0 aliphatic carbocycles. The number of rotatable bonds is 4. The zero-order valence-electron chi connectivity index (χ0n) is 16.3. The number of hydrogen-bond donors (Lipinski definition) is 2. The van der Waals surface area contributed by atoms with Crippen LogP contribution in [0.1, 0.15) is 43.0 Å². The van der Waals surface area contributed by atoms with Gasteiger partial charge in [-0.15, -0.1) is 0 Å². The maximum atomic E-state index is 11.5. The Balaban J connectivity index is 2.32. The second-order valence-corrected chi connectivity index (χ2v) is 7.08. The largest absolute Gasteiger partial charge is 0.478 e. The number of hydrogen-bond acceptors (Lipinski definition) is 2. The Hall–Kier alpha value is -3.40. The number of carbonyl (C=O) groups is 2. The Bertz CT molecular complexity index is 1070. The Morgan fingerprint density at radius 1 is 0.643 bits per heavy atom. The monoisotopic (exact) mass is 374 g/mol. The average molecular weight is 374 g/mol. The molecule has 3 aromatic carbocycles. The molecule has 0 aliphatic rings. The molecule has 0 aliphatic heterocycles. The topological polar surface area (TPSA) is 74.6 Å². The highest BCUT2D eigenvalue weighted by Crippen LogP contribution is 2.38. The summed E-state index contributed by atoms with van der Waals surface area (Å²) in [5.74, 6) is -1.99. The molecule has 3 aromatic rings. The highest BCUT2D eigenvalue weighted by Gasteiger charge is 2.17. The summed E-state index contributed by atoms with van der Waals surface area (Å²) in [6, 6.07) is 13.8. The minimum absolute atomic E-state index is 0.193. The summed E-state index contributed by atoms with van der Waals surface area (Å²) >= 11 is 0. The third kappa shape index (κ3) is 3.41. The third-order valence-electron chi connectivity index (χ3n) is 5.34. The average Bonchev–Trinajstić information content (AvgIpc) is 2.66. The van der Waals surface area contributed by atoms with Gasteiger partial charge in [-0.3, -0.25) is 0 Å². The molecule has 0 fully saturated rings. The zero-order chi connectivity index (χ0) is 20.6. The molecule has 0 radical (unpaired) electrons. The second kappa shape index (κ2) is 7.31. The fraction of sp³-hybridized carbons (Fsp3) is 0.167. The predicted molar refractivity (Wildman–Crippen MR) is 110 cm³/mol. The van der Waals surface area contributed by atoms with Crippen molar-refractivity contribution in [2.45, 2.75) is 27.7 Å². The van der Waals surface area contributed by atoms with Crippen molar-refractivity contribution in [3.8, 4) is 22.3 Å². The quantitative estimate of drug-likeness (QED) is 0.619. The minimum Gasteiger partial charge on any atom is -0.478 e. The van der Waals surface area contributed by atoms with Crippen molar-refractivity contribution in [2.24, 2.45) is 0 Å². The molecule has 4 heteroatoms. The van der Waals surface area contributed by atoms with Gasteiger partial charge in [-0.2, -0.15) is 0 Å². The van der Waals surface area contributed by atoms with E-state index >= 15 is 0 Å². The molecule has 2 N–H and O–H groups in total. The van der Waals surface area contributed by atoms with Crippen molar-refractivity contribution in [2.75, 3.05) is 0 Å². The number of carboxylic acids is 2. The smallest absolute Gasteiger partial charge is 0.335 e. The molecule has 0 bridgehead atoms. The van der Waals surface area contributed by atoms with E-state index in [1.165, 1.54) is 23.3 Å². The predicted octanol–water partition coefficient (Wildman–Crippen LogP) is 5.65. The van der Waals surface area contributed by atoms with Crippen molar-refractivity contribution in [3.63, 3.8) is 0 Å². The second-order valence-electron chi connectivity index (χ2n) is 7.08. The summed E-state index contributed by atoms with van der Waals surface area (Å²) in [7, 11) is 0. The normalized spacial score (nSPS) is 10.7. The SMILES string of the molecule is Cc1cc(C)c(C)c(-c2ccc(C(=O)O)cc2-c2ccc(C(=O)O)cc2)c1C. The van der Waals surface area contributed by atoms with Crippen LogP contribution in [0.3, 0.4) is 0 Å². The van der Waals surface area contributed by atoms with Crippen molar-refractivity contribution in [1.29, 1.82) is 0 Å². The molecule has 4 nitrogen and oxygen atoms in total. The summed E-state index contributed by atoms with van der Waals surface area (Å²) in [4.78, 5) is 22.7. The Kier molecular flexibility index (Phi) is 5.06. The fourth-order valence-electron chi connectivity index (χ4n) is 3.55. The number of aromatic carboxylic acids is 2. The van der Waals surface area contributed by atoms with Crippen LogP contribution in [0, 0.1) is 27.7 Å². The first kappa shape index (κ1) is 19.4. The lowest BCUT2D eigenvalue weighted by atomic mass is 9.85. The zero-order valence-corrected chi connectivity index (χ0v) is 16.3. The molecule has 0 unspecified atom stereocenters. The summed E-state index contributed by atoms with van der Waals surface area (Å²) in [5.41, 5.74) is 8.61. The van der Waals surface area contributed by atoms with Gasteiger partial charge in [-0.1, -0.05) is 24.3 Å². The van der Waals surface area contributed by atoms with Crippen LogP contribution < -0.4 is 0 Å². The van der Waals surface area contributed by atoms with Crippen LogP contribution in [0.5, 0.6) is 0 Å². The van der Waals surface area contributed by atoms with E-state index < -0.39 is 11.9 Å². The van der Waals surface area contributed by atoms with E-state index in [-0.39, 0.29) is 11.1 Å². The Morgan fingerprint density at radius 3 is 1.64 bits per heavy atom. The van der Waals surface area contributed by atoms with E-state index in [1.54, 1.807) is 24.3 Å². The van der Waals surface area contributed by atoms with Crippen LogP contribution in [-0.4, -0.2) is 22.2 Å². The molecular weight excluding hydrogens is 352 g/mol. The third-order valence-corrected chi connectivity index (χ3v) is 5.34. The van der Waals surface area contributed by atoms with Gasteiger partial charge in [0.1, 0.15) is 0 Å². The summed E-state index contributed by atoms with van der Waals surface area (Å²) in [6.45, 7) is 8.27. The van der Waals surface area contributed by atoms with Gasteiger partial charge in [0.05, 0.1) is 11.1 Å². The molecule has 0 saturated carbocycles. The van der Waals surface area contributed by atoms with Gasteiger partial charge < -0.3 is 10.2 Å². The van der Waals surface area contributed by atoms with Crippen LogP contribution in [0.15, 0.2) is 48.5 Å². The molecule has 0 heterocycles. The highest BCUT2D eigenvalue weighted by atomic mass is 16.4. The molecule has 142 valence electrons. The van der Waals surface area contributed by atoms with Gasteiger partial charge >= 0.3 is 11.9 Å². The van der Waals surface area contributed by atoms with Crippen LogP contribution in [0.25, 0.3) is 22.3 Å². The lowest BCUT2D eigenvalue weighted by Gasteiger charge is -2.19. The van der Waals surface area contributed by atoms with E-state index in [1.807, 2.05) is 6.07 Å². The molecule has 0 aromatic heterocycles. The van der Waals surface area contributed by atoms with Gasteiger partial charge in [-0.05, 0) is 96.5 Å². The lowest BCUT2D eigenvalue weighted by molar-refractivity contribution is 0.0686. The minimum atomic E-state index is -0.996. The number of aryl methyl sites for hydroxylation is 2. The lowest BCUT2D eigenvalue weighted by Crippen LogP contribution is -2.01. The van der Waals surface area contributed by atoms with Crippen LogP contribution >= 0.6 is 0 Å². The number of benzene rings is 3. The molecule has 0 spiro atoms. The first-order chi connectivity index (χ1) is 13.2. The van der Waals surface area contributed by atoms with Gasteiger partial charge in [0.25, 0.3) is 0 Å². The van der Waals surface area contributed by atoms with E-state index in [9.17, 15) is 14.7 Å². The standard InChI is InChI=1S/C24H22O4/c1-13-11-14(2)16(4)22(15(13)3)20-10-9-19(24(27)28)12-21(20)17-5-7-18(8-6-17)23(25)26/h5-12H,1-4H3,(H,25,26)(H,27,28). The van der Waals surface area contributed by atoms with E-state index in [0.29, 0.717) is 0 Å². The summed E-state index contributed by atoms with van der Waals surface area (Å²) in [5, 5.41) is 18.6. The van der Waals surface area contributed by atoms with E-state index in [4.69, 9.17) is 5.11 Å². The summed E-state index contributed by atoms with van der Waals surface area (Å²) in [6.07, 6.45) is 0. The van der Waals surface area contributed by atoms with Crippen LogP contribution in [-0.2, 0) is 0 Å². The molecule has 3 rings (SSSR count). The van der Waals surface area contributed by atoms with Crippen LogP contribution in [0.2, 0.25) is 0 Å². The molecule has 0 amide bonds. The van der Waals surface area contributed by atoms with Gasteiger partial charge in [0.15, 0.2) is 0 Å². The first-order valence-corrected chi connectivity index (χ1v) is 8.99. The highest BCUT2D eigenvalue weighted by molar-refractivity contribution is 5.95. The van der Waals surface area contributed by atoms with E-state index in [0.717, 1.165) is 33.4 Å². The Labute approximate surface area is 164 Å². The maximum Gasteiger partial charge on any atom is 0.335 e. The summed E-state index contributed by atoms with van der Waals surface area (Å²) < 4.78 is 0. The first-order valence-electron chi connectivity index (χ1n) is 8.99. The molecule has 28 heavy (non-hydrogen) atoms. The van der Waals surface area contributed by atoms with Crippen molar-refractivity contribution in [1.82, 2.24) is 0 Å². The van der Waals surface area contributed by atoms with Crippen LogP contribution in [0.4, 0.5) is 0 Å². The van der Waals surface area contributed by atoms with Crippen molar-refractivity contribution >= 4 is 11.9 Å². The van der Waals surface area contributed by atoms with E-state index in [2.05, 4.69) is 33.8 Å². The fourth-order valence-corrected chi connectivity index (χ4v) is 3.55. The van der Waals surface area contributed by atoms with Crippen molar-refractivity contribution < 1.29 is 19.8 Å². The molecular formula is C24H22O4. The Morgan fingerprint density at radius 2 is 1.14 bits per heavy atom.